The Morgan fingerprint density at radius 2 is 1.89 bits per heavy atom. The van der Waals surface area contributed by atoms with E-state index in [1.54, 1.807) is 0 Å². The van der Waals surface area contributed by atoms with Gasteiger partial charge in [0.05, 0.1) is 22.6 Å². The van der Waals surface area contributed by atoms with E-state index in [2.05, 4.69) is 4.98 Å². The maximum Gasteiger partial charge on any atom is 0.416 e. The number of hydrogen-bond acceptors (Lipinski definition) is 5. The van der Waals surface area contributed by atoms with Crippen LogP contribution in [-0.2, 0) is 26.6 Å². The molecule has 1 heterocycles. The van der Waals surface area contributed by atoms with Gasteiger partial charge < -0.3 is 9.72 Å². The largest absolute Gasteiger partial charge is 0.416 e. The van der Waals surface area contributed by atoms with Crippen molar-refractivity contribution >= 4 is 20.7 Å². The Labute approximate surface area is 159 Å². The second-order valence-electron chi connectivity index (χ2n) is 6.57. The zero-order valence-electron chi connectivity index (χ0n) is 15.6. The number of fused-ring (bicyclic) bond motifs is 1. The minimum atomic E-state index is -4.73. The van der Waals surface area contributed by atoms with Crippen molar-refractivity contribution in [2.75, 3.05) is 12.9 Å². The van der Waals surface area contributed by atoms with Crippen molar-refractivity contribution in [1.29, 1.82) is 0 Å². The summed E-state index contributed by atoms with van der Waals surface area (Å²) >= 11 is 0. The van der Waals surface area contributed by atoms with Gasteiger partial charge in [0.2, 0.25) is 0 Å². The van der Waals surface area contributed by atoms with E-state index in [4.69, 9.17) is 4.74 Å². The molecule has 2 aromatic rings. The van der Waals surface area contributed by atoms with Crippen LogP contribution in [0.5, 0.6) is 0 Å². The maximum absolute atomic E-state index is 13.5. The summed E-state index contributed by atoms with van der Waals surface area (Å²) in [6.45, 7) is 3.59. The van der Waals surface area contributed by atoms with E-state index in [1.165, 1.54) is 6.92 Å². The molecule has 0 saturated carbocycles. The van der Waals surface area contributed by atoms with E-state index in [9.17, 15) is 31.2 Å². The number of aromatic nitrogens is 2. The van der Waals surface area contributed by atoms with E-state index in [0.29, 0.717) is 17.1 Å². The fourth-order valence-electron chi connectivity index (χ4n) is 2.74. The van der Waals surface area contributed by atoms with Gasteiger partial charge in [-0.25, -0.2) is 17.8 Å². The van der Waals surface area contributed by atoms with Gasteiger partial charge in [-0.1, -0.05) is 13.3 Å². The fourth-order valence-corrected chi connectivity index (χ4v) is 3.45. The average molecular weight is 422 g/mol. The third kappa shape index (κ3) is 5.02. The van der Waals surface area contributed by atoms with E-state index in [1.807, 2.05) is 6.92 Å². The second kappa shape index (κ2) is 8.08. The molecule has 1 N–H and O–H groups in total. The SMILES string of the molecule is CCCCOC(C)c1cc2c(=O)n(CS(C)(=O)=O)c(=O)[nH]c2cc1C(F)(F)F. The molecule has 28 heavy (non-hydrogen) atoms. The number of alkyl halides is 3. The molecular weight excluding hydrogens is 401 g/mol. The predicted octanol–water partition coefficient (Wildman–Crippen LogP) is 2.59. The predicted molar refractivity (Wildman–Crippen MR) is 97.9 cm³/mol. The zero-order valence-corrected chi connectivity index (χ0v) is 16.4. The van der Waals surface area contributed by atoms with Crippen molar-refractivity contribution in [3.8, 4) is 0 Å². The van der Waals surface area contributed by atoms with Gasteiger partial charge in [0.15, 0.2) is 9.84 Å². The maximum atomic E-state index is 13.5. The summed E-state index contributed by atoms with van der Waals surface area (Å²) in [4.78, 5) is 26.8. The van der Waals surface area contributed by atoms with Gasteiger partial charge in [0.1, 0.15) is 5.88 Å². The number of ether oxygens (including phenoxy) is 1. The number of unbranched alkanes of at least 4 members (excludes halogenated alkanes) is 1. The lowest BCUT2D eigenvalue weighted by Crippen LogP contribution is -2.37. The number of sulfone groups is 1. The van der Waals surface area contributed by atoms with Crippen LogP contribution in [0, 0.1) is 0 Å². The number of hydrogen-bond donors (Lipinski definition) is 1. The summed E-state index contributed by atoms with van der Waals surface area (Å²) in [6.07, 6.45) is -3.39. The molecule has 2 rings (SSSR count). The normalized spacial score (nSPS) is 13.8. The number of halogens is 3. The van der Waals surface area contributed by atoms with Crippen LogP contribution in [-0.4, -0.2) is 30.8 Å². The van der Waals surface area contributed by atoms with Crippen LogP contribution in [0.25, 0.3) is 10.9 Å². The number of aromatic amines is 1. The van der Waals surface area contributed by atoms with Gasteiger partial charge >= 0.3 is 11.9 Å². The molecule has 0 fully saturated rings. The number of H-pyrrole nitrogens is 1. The molecular formula is C17H21F3N2O5S. The highest BCUT2D eigenvalue weighted by Gasteiger charge is 2.35. The lowest BCUT2D eigenvalue weighted by molar-refractivity contribution is -0.139. The Balaban J connectivity index is 2.73. The lowest BCUT2D eigenvalue weighted by atomic mass is 10.00. The molecule has 1 atom stereocenters. The molecule has 1 unspecified atom stereocenters. The summed E-state index contributed by atoms with van der Waals surface area (Å²) in [7, 11) is -3.73. The van der Waals surface area contributed by atoms with Gasteiger partial charge in [-0.3, -0.25) is 4.79 Å². The monoisotopic (exact) mass is 422 g/mol. The molecule has 156 valence electrons. The highest BCUT2D eigenvalue weighted by Crippen LogP contribution is 2.37. The quantitative estimate of drug-likeness (QED) is 0.692. The molecule has 0 spiro atoms. The van der Waals surface area contributed by atoms with Crippen molar-refractivity contribution in [3.05, 3.63) is 44.1 Å². The molecule has 1 aromatic carbocycles. The molecule has 0 amide bonds. The van der Waals surface area contributed by atoms with E-state index >= 15 is 0 Å². The molecule has 1 aromatic heterocycles. The van der Waals surface area contributed by atoms with Crippen molar-refractivity contribution in [2.24, 2.45) is 0 Å². The molecule has 0 bridgehead atoms. The lowest BCUT2D eigenvalue weighted by Gasteiger charge is -2.20. The number of nitrogens with one attached hydrogen (secondary N) is 1. The van der Waals surface area contributed by atoms with E-state index in [-0.39, 0.29) is 23.1 Å². The van der Waals surface area contributed by atoms with Gasteiger partial charge in [-0.2, -0.15) is 13.2 Å². The number of rotatable bonds is 7. The van der Waals surface area contributed by atoms with Crippen LogP contribution in [0.2, 0.25) is 0 Å². The van der Waals surface area contributed by atoms with Crippen LogP contribution < -0.4 is 11.2 Å². The average Bonchev–Trinajstić information content (AvgIpc) is 2.56. The third-order valence-electron chi connectivity index (χ3n) is 4.12. The minimum Gasteiger partial charge on any atom is -0.374 e. The Kier molecular flexibility index (Phi) is 6.39. The topological polar surface area (TPSA) is 98.2 Å². The summed E-state index contributed by atoms with van der Waals surface area (Å²) in [6, 6.07) is 1.68. The molecule has 0 saturated heterocycles. The summed E-state index contributed by atoms with van der Waals surface area (Å²) in [5, 5.41) is -0.225. The molecule has 0 aliphatic carbocycles. The van der Waals surface area contributed by atoms with Crippen molar-refractivity contribution < 1.29 is 26.3 Å². The van der Waals surface area contributed by atoms with Crippen LogP contribution in [0.1, 0.15) is 43.9 Å². The standard InChI is InChI=1S/C17H21F3N2O5S/c1-4-5-6-27-10(2)11-7-12-14(8-13(11)17(18,19)20)21-16(24)22(15(12)23)9-28(3,25)26/h7-8,10H,4-6,9H2,1-3H3,(H,21,24). The Bertz CT molecular complexity index is 1090. The molecule has 0 aliphatic heterocycles. The Hall–Kier alpha value is -2.14. The molecule has 0 aliphatic rings. The molecule has 11 heteroatoms. The van der Waals surface area contributed by atoms with Crippen LogP contribution in [0.15, 0.2) is 21.7 Å². The zero-order chi connectivity index (χ0) is 21.3. The van der Waals surface area contributed by atoms with E-state index < -0.39 is 44.8 Å². The van der Waals surface area contributed by atoms with E-state index in [0.717, 1.165) is 18.7 Å². The van der Waals surface area contributed by atoms with Crippen molar-refractivity contribution in [3.63, 3.8) is 0 Å². The second-order valence-corrected chi connectivity index (χ2v) is 8.68. The highest BCUT2D eigenvalue weighted by molar-refractivity contribution is 7.89. The first-order valence-corrected chi connectivity index (χ1v) is 10.6. The van der Waals surface area contributed by atoms with Gasteiger partial charge in [0, 0.05) is 12.9 Å². The first-order valence-electron chi connectivity index (χ1n) is 8.52. The van der Waals surface area contributed by atoms with Gasteiger partial charge in [-0.05, 0) is 31.0 Å². The van der Waals surface area contributed by atoms with Crippen LogP contribution in [0.4, 0.5) is 13.2 Å². The van der Waals surface area contributed by atoms with Crippen LogP contribution >= 0.6 is 0 Å². The smallest absolute Gasteiger partial charge is 0.374 e. The Morgan fingerprint density at radius 3 is 2.43 bits per heavy atom. The summed E-state index contributed by atoms with van der Waals surface area (Å²) in [5.74, 6) is -0.879. The number of benzene rings is 1. The third-order valence-corrected chi connectivity index (χ3v) is 4.85. The first kappa shape index (κ1) is 22.2. The Morgan fingerprint density at radius 1 is 1.25 bits per heavy atom. The van der Waals surface area contributed by atoms with Crippen molar-refractivity contribution in [2.45, 2.75) is 44.8 Å². The molecule has 0 radical (unpaired) electrons. The van der Waals surface area contributed by atoms with Gasteiger partial charge in [0.25, 0.3) is 5.56 Å². The minimum absolute atomic E-state index is 0.225. The summed E-state index contributed by atoms with van der Waals surface area (Å²) < 4.78 is 69.4. The van der Waals surface area contributed by atoms with Crippen molar-refractivity contribution in [1.82, 2.24) is 9.55 Å². The first-order chi connectivity index (χ1) is 12.8. The number of nitrogens with zero attached hydrogens (tertiary/aromatic N) is 1. The summed E-state index contributed by atoms with van der Waals surface area (Å²) in [5.41, 5.74) is -3.70. The van der Waals surface area contributed by atoms with Crippen LogP contribution in [0.3, 0.4) is 0 Å². The van der Waals surface area contributed by atoms with Gasteiger partial charge in [-0.15, -0.1) is 0 Å². The fraction of sp³-hybridized carbons (Fsp3) is 0.529. The molecule has 7 nitrogen and oxygen atoms in total. The highest BCUT2D eigenvalue weighted by atomic mass is 32.2.